The van der Waals surface area contributed by atoms with Crippen molar-refractivity contribution in [2.24, 2.45) is 7.05 Å². The molecule has 26 heavy (non-hydrogen) atoms. The molecular formula is C16H21ClN4O3S2. The summed E-state index contributed by atoms with van der Waals surface area (Å²) in [4.78, 5) is 14.3. The summed E-state index contributed by atoms with van der Waals surface area (Å²) in [6, 6.07) is 3.10. The molecular weight excluding hydrogens is 396 g/mol. The SMILES string of the molecule is Cc1nn(C)c(C)c1CC(=O)N1CCN(S(=O)(=O)c2ccc(Cl)s2)CC1. The Balaban J connectivity index is 1.64. The van der Waals surface area contributed by atoms with Crippen LogP contribution in [0.25, 0.3) is 0 Å². The van der Waals surface area contributed by atoms with Gasteiger partial charge in [-0.2, -0.15) is 9.40 Å². The van der Waals surface area contributed by atoms with E-state index in [-0.39, 0.29) is 23.2 Å². The lowest BCUT2D eigenvalue weighted by molar-refractivity contribution is -0.131. The molecule has 1 saturated heterocycles. The van der Waals surface area contributed by atoms with Crippen LogP contribution in [0.15, 0.2) is 16.3 Å². The lowest BCUT2D eigenvalue weighted by Crippen LogP contribution is -2.50. The van der Waals surface area contributed by atoms with E-state index in [2.05, 4.69) is 5.10 Å². The molecule has 0 radical (unpaired) electrons. The highest BCUT2D eigenvalue weighted by Crippen LogP contribution is 2.28. The average Bonchev–Trinajstić information content (AvgIpc) is 3.14. The third kappa shape index (κ3) is 3.66. The second kappa shape index (κ2) is 7.30. The van der Waals surface area contributed by atoms with Gasteiger partial charge in [0.1, 0.15) is 4.21 Å². The minimum Gasteiger partial charge on any atom is -0.340 e. The summed E-state index contributed by atoms with van der Waals surface area (Å²) >= 11 is 6.90. The number of carbonyl (C=O) groups excluding carboxylic acids is 1. The van der Waals surface area contributed by atoms with Crippen molar-refractivity contribution in [2.45, 2.75) is 24.5 Å². The number of sulfonamides is 1. The van der Waals surface area contributed by atoms with Gasteiger partial charge in [-0.3, -0.25) is 9.48 Å². The van der Waals surface area contributed by atoms with Gasteiger partial charge in [0.15, 0.2) is 0 Å². The lowest BCUT2D eigenvalue weighted by Gasteiger charge is -2.33. The molecule has 3 rings (SSSR count). The van der Waals surface area contributed by atoms with Gasteiger partial charge in [-0.25, -0.2) is 8.42 Å². The standard InChI is InChI=1S/C16H21ClN4O3S2/c1-11-13(12(2)19(3)18-11)10-15(22)20-6-8-21(9-7-20)26(23,24)16-5-4-14(17)25-16/h4-5H,6-10H2,1-3H3. The third-order valence-electron chi connectivity index (χ3n) is 4.72. The Bertz CT molecular complexity index is 927. The Morgan fingerprint density at radius 3 is 2.38 bits per heavy atom. The van der Waals surface area contributed by atoms with Crippen LogP contribution in [0.5, 0.6) is 0 Å². The summed E-state index contributed by atoms with van der Waals surface area (Å²) in [7, 11) is -1.69. The van der Waals surface area contributed by atoms with Crippen molar-refractivity contribution < 1.29 is 13.2 Å². The number of nitrogens with zero attached hydrogens (tertiary/aromatic N) is 4. The first-order valence-electron chi connectivity index (χ1n) is 8.22. The van der Waals surface area contributed by atoms with Crippen molar-refractivity contribution in [3.8, 4) is 0 Å². The molecule has 10 heteroatoms. The van der Waals surface area contributed by atoms with Crippen LogP contribution in [-0.2, 0) is 28.3 Å². The molecule has 0 aliphatic carbocycles. The first-order valence-corrected chi connectivity index (χ1v) is 10.9. The maximum atomic E-state index is 12.6. The zero-order valence-electron chi connectivity index (χ0n) is 14.9. The first kappa shape index (κ1) is 19.3. The summed E-state index contributed by atoms with van der Waals surface area (Å²) in [5.41, 5.74) is 2.78. The number of hydrogen-bond donors (Lipinski definition) is 0. The van der Waals surface area contributed by atoms with Gasteiger partial charge < -0.3 is 4.90 Å². The first-order chi connectivity index (χ1) is 12.2. The zero-order valence-corrected chi connectivity index (χ0v) is 17.3. The molecule has 2 aromatic heterocycles. The maximum absolute atomic E-state index is 12.6. The number of piperazine rings is 1. The van der Waals surface area contributed by atoms with Gasteiger partial charge >= 0.3 is 0 Å². The average molecular weight is 417 g/mol. The highest BCUT2D eigenvalue weighted by atomic mass is 35.5. The van der Waals surface area contributed by atoms with E-state index in [1.165, 1.54) is 10.4 Å². The van der Waals surface area contributed by atoms with E-state index in [9.17, 15) is 13.2 Å². The van der Waals surface area contributed by atoms with E-state index < -0.39 is 10.0 Å². The van der Waals surface area contributed by atoms with E-state index in [4.69, 9.17) is 11.6 Å². The molecule has 7 nitrogen and oxygen atoms in total. The molecule has 0 saturated carbocycles. The maximum Gasteiger partial charge on any atom is 0.252 e. The van der Waals surface area contributed by atoms with E-state index >= 15 is 0 Å². The molecule has 0 bridgehead atoms. The number of hydrogen-bond acceptors (Lipinski definition) is 5. The number of halogens is 1. The number of thiophene rings is 1. The number of rotatable bonds is 4. The van der Waals surface area contributed by atoms with Gasteiger partial charge in [-0.15, -0.1) is 11.3 Å². The fourth-order valence-corrected chi connectivity index (χ4v) is 6.14. The largest absolute Gasteiger partial charge is 0.340 e. The van der Waals surface area contributed by atoms with Gasteiger partial charge in [0.05, 0.1) is 16.5 Å². The molecule has 0 atom stereocenters. The Hall–Kier alpha value is -1.42. The zero-order chi connectivity index (χ0) is 19.1. The quantitative estimate of drug-likeness (QED) is 0.761. The highest BCUT2D eigenvalue weighted by molar-refractivity contribution is 7.91. The van der Waals surface area contributed by atoms with Crippen molar-refractivity contribution in [3.05, 3.63) is 33.4 Å². The molecule has 0 spiro atoms. The van der Waals surface area contributed by atoms with Crippen molar-refractivity contribution >= 4 is 38.9 Å². The molecule has 1 aliphatic heterocycles. The Labute approximate surface area is 162 Å². The fraction of sp³-hybridized carbons (Fsp3) is 0.500. The monoisotopic (exact) mass is 416 g/mol. The second-order valence-corrected chi connectivity index (χ2v) is 10.2. The van der Waals surface area contributed by atoms with Gasteiger partial charge in [0.25, 0.3) is 10.0 Å². The van der Waals surface area contributed by atoms with Crippen LogP contribution in [0.3, 0.4) is 0 Å². The molecule has 1 fully saturated rings. The molecule has 3 heterocycles. The Kier molecular flexibility index (Phi) is 5.43. The predicted octanol–water partition coefficient (Wildman–Crippen LogP) is 1.83. The molecule has 1 amide bonds. The highest BCUT2D eigenvalue weighted by Gasteiger charge is 2.31. The number of carbonyl (C=O) groups is 1. The Morgan fingerprint density at radius 1 is 1.23 bits per heavy atom. The summed E-state index contributed by atoms with van der Waals surface area (Å²) in [5, 5.41) is 4.34. The third-order valence-corrected chi connectivity index (χ3v) is 8.32. The second-order valence-electron chi connectivity index (χ2n) is 6.29. The van der Waals surface area contributed by atoms with Crippen LogP contribution in [0.2, 0.25) is 4.34 Å². The van der Waals surface area contributed by atoms with Crippen LogP contribution in [0, 0.1) is 13.8 Å². The van der Waals surface area contributed by atoms with Crippen LogP contribution >= 0.6 is 22.9 Å². The summed E-state index contributed by atoms with van der Waals surface area (Å²) < 4.78 is 29.1. The van der Waals surface area contributed by atoms with Crippen LogP contribution in [0.1, 0.15) is 17.0 Å². The number of aromatic nitrogens is 2. The minimum absolute atomic E-state index is 0.000385. The molecule has 142 valence electrons. The van der Waals surface area contributed by atoms with Crippen molar-refractivity contribution in [2.75, 3.05) is 26.2 Å². The summed E-state index contributed by atoms with van der Waals surface area (Å²) in [6.45, 7) is 5.18. The summed E-state index contributed by atoms with van der Waals surface area (Å²) in [5.74, 6) is 0.000385. The molecule has 1 aliphatic rings. The van der Waals surface area contributed by atoms with Gasteiger partial charge in [-0.1, -0.05) is 11.6 Å². The lowest BCUT2D eigenvalue weighted by atomic mass is 10.1. The van der Waals surface area contributed by atoms with Gasteiger partial charge in [0.2, 0.25) is 5.91 Å². The minimum atomic E-state index is -3.54. The van der Waals surface area contributed by atoms with Gasteiger partial charge in [0, 0.05) is 44.5 Å². The van der Waals surface area contributed by atoms with Gasteiger partial charge in [-0.05, 0) is 26.0 Å². The van der Waals surface area contributed by atoms with Crippen LogP contribution in [-0.4, -0.2) is 59.5 Å². The molecule has 2 aromatic rings. The number of aryl methyl sites for hydroxylation is 2. The van der Waals surface area contributed by atoms with Crippen molar-refractivity contribution in [3.63, 3.8) is 0 Å². The van der Waals surface area contributed by atoms with Crippen LogP contribution < -0.4 is 0 Å². The van der Waals surface area contributed by atoms with E-state index in [0.717, 1.165) is 28.3 Å². The van der Waals surface area contributed by atoms with Crippen molar-refractivity contribution in [1.82, 2.24) is 19.0 Å². The normalized spacial score (nSPS) is 16.2. The molecule has 0 aromatic carbocycles. The smallest absolute Gasteiger partial charge is 0.252 e. The molecule has 0 unspecified atom stereocenters. The van der Waals surface area contributed by atoms with E-state index in [0.29, 0.717) is 23.8 Å². The Morgan fingerprint density at radius 2 is 1.88 bits per heavy atom. The topological polar surface area (TPSA) is 75.5 Å². The van der Waals surface area contributed by atoms with Crippen LogP contribution in [0.4, 0.5) is 0 Å². The molecule has 0 N–H and O–H groups in total. The fourth-order valence-electron chi connectivity index (χ4n) is 3.08. The number of amides is 1. The summed E-state index contributed by atoms with van der Waals surface area (Å²) in [6.07, 6.45) is 0.290. The predicted molar refractivity (Wildman–Crippen MR) is 101 cm³/mol. The van der Waals surface area contributed by atoms with E-state index in [1.54, 1.807) is 15.6 Å². The van der Waals surface area contributed by atoms with Crippen molar-refractivity contribution in [1.29, 1.82) is 0 Å². The van der Waals surface area contributed by atoms with E-state index in [1.807, 2.05) is 20.9 Å².